The fourth-order valence-electron chi connectivity index (χ4n) is 5.29. The largest absolute Gasteiger partial charge is 0.445 e. The smallest absolute Gasteiger partial charge is 0.417 e. The minimum Gasteiger partial charge on any atom is -0.445 e. The number of carbonyl (C=O) groups excluding carboxylic acids is 2. The molecule has 2 heterocycles. The van der Waals surface area contributed by atoms with E-state index < -0.39 is 6.09 Å². The van der Waals surface area contributed by atoms with Gasteiger partial charge in [-0.2, -0.15) is 0 Å². The van der Waals surface area contributed by atoms with E-state index in [9.17, 15) is 9.59 Å². The molecule has 2 amide bonds. The highest BCUT2D eigenvalue weighted by atomic mass is 16.6. The van der Waals surface area contributed by atoms with E-state index in [2.05, 4.69) is 32.9 Å². The van der Waals surface area contributed by atoms with Gasteiger partial charge in [-0.3, -0.25) is 4.79 Å². The normalized spacial score (nSPS) is 42.2. The summed E-state index contributed by atoms with van der Waals surface area (Å²) in [6, 6.07) is -0.168. The van der Waals surface area contributed by atoms with Gasteiger partial charge in [-0.15, -0.1) is 0 Å². The van der Waals surface area contributed by atoms with Gasteiger partial charge in [0.25, 0.3) is 0 Å². The highest BCUT2D eigenvalue weighted by Gasteiger charge is 2.49. The molecule has 1 saturated carbocycles. The quantitative estimate of drug-likeness (QED) is 0.707. The monoisotopic (exact) mass is 343 g/mol. The molecule has 0 radical (unpaired) electrons. The van der Waals surface area contributed by atoms with Gasteiger partial charge in [-0.25, -0.2) is 9.69 Å². The zero-order valence-corrected chi connectivity index (χ0v) is 15.4. The molecule has 2 aliphatic heterocycles. The Morgan fingerprint density at radius 1 is 1.12 bits per heavy atom. The van der Waals surface area contributed by atoms with E-state index in [0.717, 1.165) is 19.3 Å². The van der Waals surface area contributed by atoms with Gasteiger partial charge in [0.05, 0.1) is 12.0 Å². The maximum absolute atomic E-state index is 13.0. The predicted molar refractivity (Wildman–Crippen MR) is 95.6 cm³/mol. The molecule has 4 heteroatoms. The van der Waals surface area contributed by atoms with E-state index in [1.165, 1.54) is 11.3 Å². The first-order valence-electron chi connectivity index (χ1n) is 9.86. The highest BCUT2D eigenvalue weighted by molar-refractivity contribution is 5.96. The average Bonchev–Trinajstić information content (AvgIpc) is 2.91. The first kappa shape index (κ1) is 16.9. The van der Waals surface area contributed by atoms with Gasteiger partial charge in [0.15, 0.2) is 0 Å². The Balaban J connectivity index is 1.53. The number of amides is 2. The standard InChI is InChI=1S/C21H29NO3/c1-12(2)16-7-4-13(3)10-19(16)25-21(24)22-18-9-8-17(20(22)23)14-5-6-15(18)11-14/h5-6,8-9,12-19H,4,7,10-11H2,1-3H3/t13-,14-,15+,16+,17-,18+,19-/m1/s1. The number of nitrogens with zero attached hydrogens (tertiary/aromatic N) is 1. The molecule has 7 atom stereocenters. The van der Waals surface area contributed by atoms with Crippen LogP contribution in [0.25, 0.3) is 0 Å². The minimum absolute atomic E-state index is 0.0671. The summed E-state index contributed by atoms with van der Waals surface area (Å²) < 4.78 is 5.97. The van der Waals surface area contributed by atoms with E-state index in [1.54, 1.807) is 0 Å². The molecule has 0 aromatic heterocycles. The van der Waals surface area contributed by atoms with Crippen LogP contribution in [0.15, 0.2) is 24.3 Å². The van der Waals surface area contributed by atoms with Crippen molar-refractivity contribution >= 4 is 12.0 Å². The summed E-state index contributed by atoms with van der Waals surface area (Å²) in [6.45, 7) is 6.63. The summed E-state index contributed by atoms with van der Waals surface area (Å²) in [7, 11) is 0. The molecular weight excluding hydrogens is 314 g/mol. The summed E-state index contributed by atoms with van der Waals surface area (Å²) in [5.74, 6) is 1.68. The molecule has 0 spiro atoms. The van der Waals surface area contributed by atoms with Crippen LogP contribution in [0.2, 0.25) is 0 Å². The summed E-state index contributed by atoms with van der Waals surface area (Å²) >= 11 is 0. The summed E-state index contributed by atoms with van der Waals surface area (Å²) in [5.41, 5.74) is 0. The molecule has 0 aromatic rings. The van der Waals surface area contributed by atoms with Crippen LogP contribution in [-0.4, -0.2) is 29.0 Å². The van der Waals surface area contributed by atoms with Gasteiger partial charge in [-0.05, 0) is 42.9 Å². The molecule has 5 rings (SSSR count). The third-order valence-electron chi connectivity index (χ3n) is 6.80. The van der Waals surface area contributed by atoms with Crippen LogP contribution in [0.5, 0.6) is 0 Å². The predicted octanol–water partition coefficient (Wildman–Crippen LogP) is 4.17. The van der Waals surface area contributed by atoms with Crippen LogP contribution in [0.3, 0.4) is 0 Å². The van der Waals surface area contributed by atoms with Crippen molar-refractivity contribution in [2.75, 3.05) is 0 Å². The van der Waals surface area contributed by atoms with E-state index in [4.69, 9.17) is 4.74 Å². The molecule has 136 valence electrons. The third kappa shape index (κ3) is 2.84. The Kier molecular flexibility index (Phi) is 4.25. The molecular formula is C21H29NO3. The Hall–Kier alpha value is -1.58. The van der Waals surface area contributed by atoms with Crippen molar-refractivity contribution in [2.24, 2.45) is 35.5 Å². The number of carbonyl (C=O) groups is 2. The lowest BCUT2D eigenvalue weighted by molar-refractivity contribution is -0.135. The maximum Gasteiger partial charge on any atom is 0.417 e. The molecule has 1 saturated heterocycles. The van der Waals surface area contributed by atoms with E-state index in [0.29, 0.717) is 17.8 Å². The number of rotatable bonds is 2. The number of fused-ring (bicyclic) bond motifs is 1. The van der Waals surface area contributed by atoms with Crippen LogP contribution < -0.4 is 0 Å². The Morgan fingerprint density at radius 3 is 2.64 bits per heavy atom. The number of allylic oxidation sites excluding steroid dienone is 1. The fourth-order valence-corrected chi connectivity index (χ4v) is 5.29. The van der Waals surface area contributed by atoms with E-state index in [1.807, 2.05) is 12.2 Å². The third-order valence-corrected chi connectivity index (χ3v) is 6.80. The zero-order valence-electron chi connectivity index (χ0n) is 15.4. The van der Waals surface area contributed by atoms with Crippen LogP contribution in [0.1, 0.15) is 46.5 Å². The number of imide groups is 1. The number of ether oxygens (including phenoxy) is 1. The Bertz CT molecular complexity index is 623. The van der Waals surface area contributed by atoms with Crippen LogP contribution in [0.4, 0.5) is 4.79 Å². The van der Waals surface area contributed by atoms with Crippen molar-refractivity contribution in [1.82, 2.24) is 4.90 Å². The Morgan fingerprint density at radius 2 is 1.88 bits per heavy atom. The lowest BCUT2D eigenvalue weighted by atomic mass is 9.75. The maximum atomic E-state index is 13.0. The van der Waals surface area contributed by atoms with Crippen molar-refractivity contribution in [3.8, 4) is 0 Å². The van der Waals surface area contributed by atoms with Crippen LogP contribution >= 0.6 is 0 Å². The lowest BCUT2D eigenvalue weighted by Crippen LogP contribution is -2.52. The van der Waals surface area contributed by atoms with E-state index >= 15 is 0 Å². The minimum atomic E-state index is -0.421. The summed E-state index contributed by atoms with van der Waals surface area (Å²) in [6.07, 6.45) is 12.1. The first-order chi connectivity index (χ1) is 12.0. The average molecular weight is 343 g/mol. The Labute approximate surface area is 150 Å². The molecule has 2 fully saturated rings. The van der Waals surface area contributed by atoms with Crippen molar-refractivity contribution in [2.45, 2.75) is 58.6 Å². The molecule has 0 N–H and O–H groups in total. The highest BCUT2D eigenvalue weighted by Crippen LogP contribution is 2.43. The molecule has 4 bridgehead atoms. The molecule has 25 heavy (non-hydrogen) atoms. The molecule has 4 nitrogen and oxygen atoms in total. The second-order valence-corrected chi connectivity index (χ2v) is 8.81. The van der Waals surface area contributed by atoms with Crippen molar-refractivity contribution in [1.29, 1.82) is 0 Å². The fraction of sp³-hybridized carbons (Fsp3) is 0.714. The van der Waals surface area contributed by atoms with Crippen molar-refractivity contribution in [3.63, 3.8) is 0 Å². The lowest BCUT2D eigenvalue weighted by Gasteiger charge is -2.39. The van der Waals surface area contributed by atoms with Crippen molar-refractivity contribution in [3.05, 3.63) is 24.3 Å². The molecule has 5 aliphatic rings. The molecule has 0 unspecified atom stereocenters. The number of hydrogen-bond donors (Lipinski definition) is 0. The zero-order chi connectivity index (χ0) is 17.7. The van der Waals surface area contributed by atoms with Gasteiger partial charge in [0.1, 0.15) is 6.10 Å². The van der Waals surface area contributed by atoms with Gasteiger partial charge in [0, 0.05) is 5.92 Å². The summed E-state index contributed by atoms with van der Waals surface area (Å²) in [5, 5.41) is 0. The SMILES string of the molecule is CC(C)[C@@H]1CC[C@@H](C)C[C@H]1OC(=O)N1C(=O)[C@@H]2C=C[C@H]1[C@H]1C=C[C@@H]2C1. The topological polar surface area (TPSA) is 46.6 Å². The molecule has 0 aromatic carbocycles. The molecule has 3 aliphatic carbocycles. The van der Waals surface area contributed by atoms with E-state index in [-0.39, 0.29) is 35.8 Å². The van der Waals surface area contributed by atoms with Gasteiger partial charge < -0.3 is 4.74 Å². The van der Waals surface area contributed by atoms with Crippen LogP contribution in [-0.2, 0) is 9.53 Å². The van der Waals surface area contributed by atoms with Gasteiger partial charge in [-0.1, -0.05) is 51.5 Å². The van der Waals surface area contributed by atoms with Gasteiger partial charge in [0.2, 0.25) is 5.91 Å². The van der Waals surface area contributed by atoms with Crippen molar-refractivity contribution < 1.29 is 14.3 Å². The first-order valence-corrected chi connectivity index (χ1v) is 9.86. The number of hydrogen-bond acceptors (Lipinski definition) is 3. The second kappa shape index (κ2) is 6.30. The summed E-state index contributed by atoms with van der Waals surface area (Å²) in [4.78, 5) is 27.3. The second-order valence-electron chi connectivity index (χ2n) is 8.81. The van der Waals surface area contributed by atoms with Crippen LogP contribution in [0, 0.1) is 35.5 Å². The van der Waals surface area contributed by atoms with Gasteiger partial charge >= 0.3 is 6.09 Å².